The molecule has 3 saturated heterocycles. The molecule has 3 heterocycles. The van der Waals surface area contributed by atoms with E-state index in [2.05, 4.69) is 10.6 Å². The number of nitrogens with one attached hydrogen (secondary N) is 2. The van der Waals surface area contributed by atoms with Crippen LogP contribution in [0.5, 0.6) is 0 Å². The first-order valence-electron chi connectivity index (χ1n) is 3.00. The minimum atomic E-state index is -0.336. The molecule has 5 heteroatoms. The van der Waals surface area contributed by atoms with E-state index < -0.39 is 0 Å². The van der Waals surface area contributed by atoms with Crippen molar-refractivity contribution in [2.45, 2.75) is 11.4 Å². The van der Waals surface area contributed by atoms with E-state index in [1.54, 1.807) is 0 Å². The highest BCUT2D eigenvalue weighted by Gasteiger charge is 2.39. The lowest BCUT2D eigenvalue weighted by Gasteiger charge is -2.34. The first-order chi connectivity index (χ1) is 4.77. The first kappa shape index (κ1) is 6.03. The molecule has 3 rings (SSSR count). The van der Waals surface area contributed by atoms with Crippen LogP contribution < -0.4 is 10.6 Å². The zero-order valence-corrected chi connectivity index (χ0v) is 5.90. The van der Waals surface area contributed by atoms with Crippen LogP contribution in [0, 0.1) is 0 Å². The molecule has 2 N–H and O–H groups in total. The van der Waals surface area contributed by atoms with Gasteiger partial charge in [0.1, 0.15) is 6.04 Å². The third kappa shape index (κ3) is 0.701. The summed E-state index contributed by atoms with van der Waals surface area (Å²) in [7, 11) is 0. The van der Waals surface area contributed by atoms with Crippen LogP contribution in [0.15, 0.2) is 0 Å². The lowest BCUT2D eigenvalue weighted by molar-refractivity contribution is -0.134. The molecular weight excluding hydrogens is 152 g/mol. The molecule has 0 radical (unpaired) electrons. The molecule has 0 aliphatic carbocycles. The SMILES string of the molecule is O=C1NC2SCC1NC2=O. The van der Waals surface area contributed by atoms with Crippen molar-refractivity contribution in [1.29, 1.82) is 0 Å². The average molecular weight is 158 g/mol. The van der Waals surface area contributed by atoms with Gasteiger partial charge in [0, 0.05) is 5.75 Å². The second kappa shape index (κ2) is 1.88. The summed E-state index contributed by atoms with van der Waals surface area (Å²) in [5.74, 6) is 0.589. The molecule has 0 saturated carbocycles. The number of hydrogen-bond donors (Lipinski definition) is 2. The number of thioether (sulfide) groups is 1. The van der Waals surface area contributed by atoms with Gasteiger partial charge < -0.3 is 10.6 Å². The van der Waals surface area contributed by atoms with Crippen molar-refractivity contribution in [3.05, 3.63) is 0 Å². The van der Waals surface area contributed by atoms with E-state index in [1.807, 2.05) is 0 Å². The Morgan fingerprint density at radius 2 is 2.10 bits per heavy atom. The van der Waals surface area contributed by atoms with Gasteiger partial charge in [-0.1, -0.05) is 0 Å². The smallest absolute Gasteiger partial charge is 0.253 e. The highest BCUT2D eigenvalue weighted by molar-refractivity contribution is 8.00. The van der Waals surface area contributed by atoms with Crippen molar-refractivity contribution in [1.82, 2.24) is 10.6 Å². The topological polar surface area (TPSA) is 58.2 Å². The van der Waals surface area contributed by atoms with Gasteiger partial charge in [-0.2, -0.15) is 0 Å². The molecule has 54 valence electrons. The Bertz CT molecular complexity index is 184. The van der Waals surface area contributed by atoms with Crippen molar-refractivity contribution in [3.8, 4) is 0 Å². The predicted molar refractivity (Wildman–Crippen MR) is 36.3 cm³/mol. The van der Waals surface area contributed by atoms with Gasteiger partial charge in [-0.3, -0.25) is 9.59 Å². The summed E-state index contributed by atoms with van der Waals surface area (Å²) in [5, 5.41) is 4.84. The number of carbonyl (C=O) groups is 2. The normalized spacial score (nSPS) is 37.2. The van der Waals surface area contributed by atoms with E-state index >= 15 is 0 Å². The third-order valence-corrected chi connectivity index (χ3v) is 2.77. The Morgan fingerprint density at radius 3 is 2.40 bits per heavy atom. The van der Waals surface area contributed by atoms with Gasteiger partial charge in [-0.25, -0.2) is 0 Å². The van der Waals surface area contributed by atoms with Gasteiger partial charge in [0.05, 0.1) is 0 Å². The molecule has 0 spiro atoms. The van der Waals surface area contributed by atoms with Crippen LogP contribution in [-0.2, 0) is 9.59 Å². The van der Waals surface area contributed by atoms with Crippen LogP contribution in [0.4, 0.5) is 0 Å². The fourth-order valence-electron chi connectivity index (χ4n) is 1.04. The van der Waals surface area contributed by atoms with E-state index in [0.717, 1.165) is 0 Å². The second-order valence-electron chi connectivity index (χ2n) is 2.28. The number of rotatable bonds is 0. The monoisotopic (exact) mass is 158 g/mol. The lowest BCUT2D eigenvalue weighted by atomic mass is 10.2. The fraction of sp³-hybridized carbons (Fsp3) is 0.600. The van der Waals surface area contributed by atoms with Crippen molar-refractivity contribution in [2.24, 2.45) is 0 Å². The summed E-state index contributed by atoms with van der Waals surface area (Å²) in [4.78, 5) is 21.7. The molecule has 2 atom stereocenters. The van der Waals surface area contributed by atoms with Gasteiger partial charge >= 0.3 is 0 Å². The highest BCUT2D eigenvalue weighted by atomic mass is 32.2. The number of amides is 2. The van der Waals surface area contributed by atoms with Crippen molar-refractivity contribution in [2.75, 3.05) is 5.75 Å². The van der Waals surface area contributed by atoms with E-state index in [0.29, 0.717) is 5.75 Å². The van der Waals surface area contributed by atoms with Crippen molar-refractivity contribution < 1.29 is 9.59 Å². The Balaban J connectivity index is 2.23. The summed E-state index contributed by atoms with van der Waals surface area (Å²) >= 11 is 1.48. The molecule has 10 heavy (non-hydrogen) atoms. The van der Waals surface area contributed by atoms with Gasteiger partial charge in [0.15, 0.2) is 5.37 Å². The zero-order chi connectivity index (χ0) is 7.14. The number of hydrogen-bond acceptors (Lipinski definition) is 3. The Kier molecular flexibility index (Phi) is 1.14. The predicted octanol–water partition coefficient (Wildman–Crippen LogP) is -1.33. The minimum Gasteiger partial charge on any atom is -0.341 e. The molecule has 0 aromatic rings. The summed E-state index contributed by atoms with van der Waals surface area (Å²) < 4.78 is 0. The number of piperazine rings is 1. The third-order valence-electron chi connectivity index (χ3n) is 1.57. The summed E-state index contributed by atoms with van der Waals surface area (Å²) in [6.07, 6.45) is 0. The summed E-state index contributed by atoms with van der Waals surface area (Å²) in [5.41, 5.74) is 0. The molecule has 2 bridgehead atoms. The van der Waals surface area contributed by atoms with Gasteiger partial charge in [0.2, 0.25) is 5.91 Å². The average Bonchev–Trinajstić information content (AvgIpc) is 1.91. The minimum absolute atomic E-state index is 0.0525. The van der Waals surface area contributed by atoms with Crippen molar-refractivity contribution in [3.63, 3.8) is 0 Å². The molecule has 2 amide bonds. The molecule has 0 aromatic heterocycles. The largest absolute Gasteiger partial charge is 0.341 e. The van der Waals surface area contributed by atoms with E-state index in [-0.39, 0.29) is 23.2 Å². The van der Waals surface area contributed by atoms with E-state index in [4.69, 9.17) is 0 Å². The van der Waals surface area contributed by atoms with Gasteiger partial charge in [-0.15, -0.1) is 11.8 Å². The van der Waals surface area contributed by atoms with Crippen LogP contribution in [0.3, 0.4) is 0 Å². The second-order valence-corrected chi connectivity index (χ2v) is 3.42. The van der Waals surface area contributed by atoms with E-state index in [9.17, 15) is 9.59 Å². The highest BCUT2D eigenvalue weighted by Crippen LogP contribution is 2.20. The van der Waals surface area contributed by atoms with Crippen LogP contribution in [0.25, 0.3) is 0 Å². The summed E-state index contributed by atoms with van der Waals surface area (Å²) in [6.45, 7) is 0. The van der Waals surface area contributed by atoms with Crippen LogP contribution in [0.1, 0.15) is 0 Å². The molecular formula is C5H6N2O2S. The maximum absolute atomic E-state index is 10.9. The molecule has 4 nitrogen and oxygen atoms in total. The maximum atomic E-state index is 10.9. The van der Waals surface area contributed by atoms with Crippen LogP contribution in [-0.4, -0.2) is 29.0 Å². The van der Waals surface area contributed by atoms with Crippen LogP contribution >= 0.6 is 11.8 Å². The summed E-state index contributed by atoms with van der Waals surface area (Å²) in [6, 6.07) is -0.289. The first-order valence-corrected chi connectivity index (χ1v) is 4.04. The Labute approximate surface area is 61.7 Å². The van der Waals surface area contributed by atoms with Crippen LogP contribution in [0.2, 0.25) is 0 Å². The molecule has 0 aromatic carbocycles. The van der Waals surface area contributed by atoms with E-state index in [1.165, 1.54) is 11.8 Å². The Morgan fingerprint density at radius 1 is 1.30 bits per heavy atom. The maximum Gasteiger partial charge on any atom is 0.253 e. The molecule has 3 fully saturated rings. The van der Waals surface area contributed by atoms with Gasteiger partial charge in [0.25, 0.3) is 5.91 Å². The Hall–Kier alpha value is -0.710. The van der Waals surface area contributed by atoms with Gasteiger partial charge in [-0.05, 0) is 0 Å². The number of carbonyl (C=O) groups excluding carboxylic acids is 2. The quantitative estimate of drug-likeness (QED) is 0.459. The lowest BCUT2D eigenvalue weighted by Crippen LogP contribution is -2.65. The van der Waals surface area contributed by atoms with Crippen molar-refractivity contribution >= 4 is 23.6 Å². The molecule has 3 aliphatic heterocycles. The molecule has 3 aliphatic rings. The number of fused-ring (bicyclic) bond motifs is 3. The molecule has 2 unspecified atom stereocenters. The zero-order valence-electron chi connectivity index (χ0n) is 5.09. The standard InChI is InChI=1S/C5H6N2O2S/c8-3-2-1-10-5(7-3)4(9)6-2/h2,5H,1H2,(H,6,9)(H,7,8). The fourth-order valence-corrected chi connectivity index (χ4v) is 2.07.